The molecule has 1 unspecified atom stereocenters. The molecule has 1 heterocycles. The number of hydrogen-bond acceptors (Lipinski definition) is 3. The molecule has 0 bridgehead atoms. The van der Waals surface area contributed by atoms with Gasteiger partial charge in [-0.05, 0) is 17.7 Å². The molecular formula is C17H14O3. The zero-order valence-electron chi connectivity index (χ0n) is 11.0. The van der Waals surface area contributed by atoms with E-state index >= 15 is 0 Å². The third-order valence-electron chi connectivity index (χ3n) is 3.48. The predicted octanol–water partition coefficient (Wildman–Crippen LogP) is 3.65. The molecule has 100 valence electrons. The molecule has 0 saturated heterocycles. The number of benzene rings is 2. The van der Waals surface area contributed by atoms with E-state index in [0.717, 1.165) is 5.56 Å². The Bertz CT molecular complexity index is 803. The molecule has 3 rings (SSSR count). The molecule has 0 radical (unpaired) electrons. The van der Waals surface area contributed by atoms with Crippen molar-refractivity contribution in [2.75, 3.05) is 0 Å². The average molecular weight is 266 g/mol. The van der Waals surface area contributed by atoms with Gasteiger partial charge in [-0.1, -0.05) is 43.3 Å². The predicted molar refractivity (Wildman–Crippen MR) is 78.1 cm³/mol. The molecule has 1 atom stereocenters. The first-order valence-corrected chi connectivity index (χ1v) is 6.47. The van der Waals surface area contributed by atoms with Gasteiger partial charge in [0.15, 0.2) is 5.43 Å². The molecule has 0 fully saturated rings. The number of phenols is 1. The van der Waals surface area contributed by atoms with Crippen LogP contribution in [-0.4, -0.2) is 5.11 Å². The smallest absolute Gasteiger partial charge is 0.196 e. The minimum Gasteiger partial charge on any atom is -0.507 e. The summed E-state index contributed by atoms with van der Waals surface area (Å²) in [7, 11) is 0. The number of aromatic hydroxyl groups is 1. The topological polar surface area (TPSA) is 50.4 Å². The van der Waals surface area contributed by atoms with Gasteiger partial charge in [-0.15, -0.1) is 0 Å². The van der Waals surface area contributed by atoms with Gasteiger partial charge in [0.2, 0.25) is 0 Å². The lowest BCUT2D eigenvalue weighted by atomic mass is 9.98. The van der Waals surface area contributed by atoms with Crippen LogP contribution < -0.4 is 5.43 Å². The fraction of sp³-hybridized carbons (Fsp3) is 0.118. The first-order chi connectivity index (χ1) is 9.66. The highest BCUT2D eigenvalue weighted by Gasteiger charge is 2.14. The van der Waals surface area contributed by atoms with Crippen LogP contribution in [0.1, 0.15) is 24.2 Å². The molecule has 3 aromatic rings. The van der Waals surface area contributed by atoms with E-state index in [1.54, 1.807) is 12.1 Å². The summed E-state index contributed by atoms with van der Waals surface area (Å²) in [6, 6.07) is 16.2. The molecule has 3 heteroatoms. The van der Waals surface area contributed by atoms with Crippen molar-refractivity contribution in [3.05, 3.63) is 76.1 Å². The lowest BCUT2D eigenvalue weighted by Gasteiger charge is -2.11. The van der Waals surface area contributed by atoms with Crippen molar-refractivity contribution in [3.63, 3.8) is 0 Å². The fourth-order valence-corrected chi connectivity index (χ4v) is 2.33. The van der Waals surface area contributed by atoms with Gasteiger partial charge in [-0.3, -0.25) is 4.79 Å². The summed E-state index contributed by atoms with van der Waals surface area (Å²) in [5.74, 6) is 0.533. The summed E-state index contributed by atoms with van der Waals surface area (Å²) in [5, 5.41) is 9.97. The van der Waals surface area contributed by atoms with Gasteiger partial charge in [0, 0.05) is 12.0 Å². The number of phenolic OH excluding ortho intramolecular Hbond substituents is 1. The Morgan fingerprint density at radius 2 is 1.80 bits per heavy atom. The maximum Gasteiger partial charge on any atom is 0.196 e. The van der Waals surface area contributed by atoms with E-state index in [2.05, 4.69) is 0 Å². The summed E-state index contributed by atoms with van der Waals surface area (Å²) in [5.41, 5.74) is 1.27. The number of fused-ring (bicyclic) bond motifs is 1. The average Bonchev–Trinajstić information content (AvgIpc) is 2.47. The Morgan fingerprint density at radius 3 is 2.55 bits per heavy atom. The first kappa shape index (κ1) is 12.5. The molecule has 0 aliphatic heterocycles. The number of rotatable bonds is 2. The second-order valence-electron chi connectivity index (χ2n) is 4.80. The summed E-state index contributed by atoms with van der Waals surface area (Å²) >= 11 is 0. The van der Waals surface area contributed by atoms with Gasteiger partial charge >= 0.3 is 0 Å². The normalized spacial score (nSPS) is 12.4. The van der Waals surface area contributed by atoms with Crippen LogP contribution in [-0.2, 0) is 0 Å². The quantitative estimate of drug-likeness (QED) is 0.770. The van der Waals surface area contributed by atoms with E-state index in [4.69, 9.17) is 4.42 Å². The highest BCUT2D eigenvalue weighted by Crippen LogP contribution is 2.27. The van der Waals surface area contributed by atoms with E-state index in [9.17, 15) is 9.90 Å². The Hall–Kier alpha value is -2.55. The zero-order chi connectivity index (χ0) is 14.1. The van der Waals surface area contributed by atoms with Crippen LogP contribution >= 0.6 is 0 Å². The van der Waals surface area contributed by atoms with Gasteiger partial charge in [0.25, 0.3) is 0 Å². The second kappa shape index (κ2) is 4.85. The van der Waals surface area contributed by atoms with Crippen molar-refractivity contribution in [2.24, 2.45) is 0 Å². The van der Waals surface area contributed by atoms with E-state index in [-0.39, 0.29) is 22.5 Å². The van der Waals surface area contributed by atoms with Crippen molar-refractivity contribution < 1.29 is 9.52 Å². The molecule has 0 aliphatic carbocycles. The van der Waals surface area contributed by atoms with Crippen LogP contribution in [0.25, 0.3) is 11.0 Å². The fourth-order valence-electron chi connectivity index (χ4n) is 2.33. The SMILES string of the molecule is CC(c1ccccc1)c1cc(=O)c2c(O)cccc2o1. The molecule has 0 amide bonds. The molecule has 0 aliphatic rings. The largest absolute Gasteiger partial charge is 0.507 e. The zero-order valence-corrected chi connectivity index (χ0v) is 11.0. The minimum atomic E-state index is -0.220. The lowest BCUT2D eigenvalue weighted by molar-refractivity contribution is 0.476. The standard InChI is InChI=1S/C17H14O3/c1-11(12-6-3-2-4-7-12)16-10-14(19)17-13(18)8-5-9-15(17)20-16/h2-11,18H,1H3. The molecule has 0 spiro atoms. The number of hydrogen-bond donors (Lipinski definition) is 1. The van der Waals surface area contributed by atoms with Gasteiger partial charge in [-0.25, -0.2) is 0 Å². The summed E-state index contributed by atoms with van der Waals surface area (Å²) in [6.07, 6.45) is 0. The molecule has 0 saturated carbocycles. The highest BCUT2D eigenvalue weighted by atomic mass is 16.3. The van der Waals surface area contributed by atoms with Gasteiger partial charge in [0.05, 0.1) is 0 Å². The Kier molecular flexibility index (Phi) is 3.03. The van der Waals surface area contributed by atoms with Crippen molar-refractivity contribution in [1.82, 2.24) is 0 Å². The van der Waals surface area contributed by atoms with E-state index in [1.807, 2.05) is 37.3 Å². The van der Waals surface area contributed by atoms with E-state index in [0.29, 0.717) is 11.3 Å². The molecule has 3 nitrogen and oxygen atoms in total. The molecule has 20 heavy (non-hydrogen) atoms. The van der Waals surface area contributed by atoms with E-state index in [1.165, 1.54) is 12.1 Å². The Labute approximate surface area is 116 Å². The van der Waals surface area contributed by atoms with Gasteiger partial charge in [0.1, 0.15) is 22.5 Å². The molecule has 1 N–H and O–H groups in total. The first-order valence-electron chi connectivity index (χ1n) is 6.47. The second-order valence-corrected chi connectivity index (χ2v) is 4.80. The van der Waals surface area contributed by atoms with Crippen LogP contribution in [0.3, 0.4) is 0 Å². The van der Waals surface area contributed by atoms with E-state index < -0.39 is 0 Å². The maximum atomic E-state index is 12.1. The summed E-state index contributed by atoms with van der Waals surface area (Å²) in [6.45, 7) is 1.99. The van der Waals surface area contributed by atoms with Gasteiger partial charge < -0.3 is 9.52 Å². The Morgan fingerprint density at radius 1 is 1.05 bits per heavy atom. The van der Waals surface area contributed by atoms with Crippen molar-refractivity contribution in [2.45, 2.75) is 12.8 Å². The van der Waals surface area contributed by atoms with Gasteiger partial charge in [-0.2, -0.15) is 0 Å². The third-order valence-corrected chi connectivity index (χ3v) is 3.48. The molecule has 2 aromatic carbocycles. The third kappa shape index (κ3) is 2.07. The minimum absolute atomic E-state index is 0.0179. The van der Waals surface area contributed by atoms with Crippen molar-refractivity contribution in [3.8, 4) is 5.75 Å². The monoisotopic (exact) mass is 266 g/mol. The Balaban J connectivity index is 2.17. The molecule has 1 aromatic heterocycles. The molecular weight excluding hydrogens is 252 g/mol. The van der Waals surface area contributed by atoms with Crippen molar-refractivity contribution in [1.29, 1.82) is 0 Å². The van der Waals surface area contributed by atoms with Crippen molar-refractivity contribution >= 4 is 11.0 Å². The lowest BCUT2D eigenvalue weighted by Crippen LogP contribution is -2.05. The highest BCUT2D eigenvalue weighted by molar-refractivity contribution is 5.82. The maximum absolute atomic E-state index is 12.1. The van der Waals surface area contributed by atoms with Crippen LogP contribution in [0, 0.1) is 0 Å². The summed E-state index contributed by atoms with van der Waals surface area (Å²) in [4.78, 5) is 12.1. The van der Waals surface area contributed by atoms with Crippen LogP contribution in [0.4, 0.5) is 0 Å². The summed E-state index contributed by atoms with van der Waals surface area (Å²) < 4.78 is 5.78. The van der Waals surface area contributed by atoms with Crippen LogP contribution in [0.5, 0.6) is 5.75 Å². The van der Waals surface area contributed by atoms with Crippen LogP contribution in [0.15, 0.2) is 63.8 Å². The van der Waals surface area contributed by atoms with Crippen LogP contribution in [0.2, 0.25) is 0 Å².